The van der Waals surface area contributed by atoms with E-state index in [4.69, 9.17) is 19.4 Å². The van der Waals surface area contributed by atoms with E-state index in [0.717, 1.165) is 49.9 Å². The number of thiophene rings is 2. The Morgan fingerprint density at radius 2 is 1.79 bits per heavy atom. The van der Waals surface area contributed by atoms with Gasteiger partial charge in [0.1, 0.15) is 28.7 Å². The number of methoxy groups -OCH3 is 1. The molecule has 202 valence electrons. The van der Waals surface area contributed by atoms with Crippen molar-refractivity contribution >= 4 is 50.5 Å². The number of likely N-dealkylation sites (N-methyl/N-ethyl adjacent to an activating group) is 1. The zero-order chi connectivity index (χ0) is 27.5. The molecule has 9 nitrogen and oxygen atoms in total. The minimum absolute atomic E-state index is 0.207. The molecule has 0 spiro atoms. The maximum absolute atomic E-state index is 12.4. The maximum Gasteiger partial charge on any atom is 0.275 e. The van der Waals surface area contributed by atoms with Gasteiger partial charge < -0.3 is 19.7 Å². The van der Waals surface area contributed by atoms with Gasteiger partial charge in [0.05, 0.1) is 16.9 Å². The second-order valence-electron chi connectivity index (χ2n) is 9.19. The molecule has 0 atom stereocenters. The van der Waals surface area contributed by atoms with E-state index in [-0.39, 0.29) is 5.70 Å². The SMILES string of the molecule is COCCN(C)CCOc1ccc(-c2sc3nc(-c4cccs4)nc(NC4=C(C)C(=O)NC4=O)c3c2C)cc1. The normalized spacial score (nSPS) is 13.6. The molecule has 0 aliphatic carbocycles. The van der Waals surface area contributed by atoms with E-state index < -0.39 is 11.8 Å². The van der Waals surface area contributed by atoms with Crippen LogP contribution in [0.4, 0.5) is 5.82 Å². The topological polar surface area (TPSA) is 106 Å². The van der Waals surface area contributed by atoms with Gasteiger partial charge in [0.15, 0.2) is 5.82 Å². The number of carbonyl (C=O) groups excluding carboxylic acids is 2. The van der Waals surface area contributed by atoms with Gasteiger partial charge in [-0.05, 0) is 67.7 Å². The molecule has 1 aliphatic rings. The molecule has 0 saturated heterocycles. The predicted molar refractivity (Wildman–Crippen MR) is 155 cm³/mol. The van der Waals surface area contributed by atoms with Crippen LogP contribution in [0.2, 0.25) is 0 Å². The van der Waals surface area contributed by atoms with Gasteiger partial charge in [-0.1, -0.05) is 6.07 Å². The second kappa shape index (κ2) is 11.6. The van der Waals surface area contributed by atoms with Crippen molar-refractivity contribution in [1.82, 2.24) is 20.2 Å². The van der Waals surface area contributed by atoms with Gasteiger partial charge in [0.2, 0.25) is 0 Å². The molecule has 0 radical (unpaired) electrons. The van der Waals surface area contributed by atoms with E-state index in [9.17, 15) is 9.59 Å². The number of ether oxygens (including phenoxy) is 2. The van der Waals surface area contributed by atoms with Crippen molar-refractivity contribution < 1.29 is 19.1 Å². The van der Waals surface area contributed by atoms with Crippen LogP contribution in [0, 0.1) is 6.92 Å². The van der Waals surface area contributed by atoms with Crippen LogP contribution in [0.3, 0.4) is 0 Å². The summed E-state index contributed by atoms with van der Waals surface area (Å²) >= 11 is 3.11. The Hall–Kier alpha value is -3.64. The number of carbonyl (C=O) groups is 2. The molecule has 39 heavy (non-hydrogen) atoms. The lowest BCUT2D eigenvalue weighted by atomic mass is 10.1. The van der Waals surface area contributed by atoms with E-state index in [2.05, 4.69) is 15.5 Å². The Bertz CT molecular complexity index is 1540. The van der Waals surface area contributed by atoms with E-state index in [1.54, 1.807) is 36.7 Å². The first-order chi connectivity index (χ1) is 18.9. The van der Waals surface area contributed by atoms with Gasteiger partial charge in [-0.2, -0.15) is 0 Å². The van der Waals surface area contributed by atoms with Gasteiger partial charge in [0, 0.05) is 30.6 Å². The van der Waals surface area contributed by atoms with Crippen LogP contribution >= 0.6 is 22.7 Å². The van der Waals surface area contributed by atoms with Gasteiger partial charge in [-0.25, -0.2) is 9.97 Å². The summed E-state index contributed by atoms with van der Waals surface area (Å²) in [6, 6.07) is 11.9. The molecular formula is C28H29N5O4S2. The minimum Gasteiger partial charge on any atom is -0.492 e. The van der Waals surface area contributed by atoms with Crippen LogP contribution in [0.5, 0.6) is 5.75 Å². The summed E-state index contributed by atoms with van der Waals surface area (Å²) in [6.45, 7) is 6.59. The lowest BCUT2D eigenvalue weighted by Gasteiger charge is -2.16. The number of hydrogen-bond acceptors (Lipinski definition) is 10. The van der Waals surface area contributed by atoms with Crippen LogP contribution in [0.25, 0.3) is 31.4 Å². The minimum atomic E-state index is -0.462. The monoisotopic (exact) mass is 563 g/mol. The van der Waals surface area contributed by atoms with Crippen molar-refractivity contribution in [3.05, 3.63) is 58.6 Å². The second-order valence-corrected chi connectivity index (χ2v) is 11.1. The molecule has 3 aromatic heterocycles. The van der Waals surface area contributed by atoms with E-state index >= 15 is 0 Å². The van der Waals surface area contributed by atoms with Gasteiger partial charge in [-0.3, -0.25) is 14.9 Å². The molecule has 4 heterocycles. The highest BCUT2D eigenvalue weighted by Gasteiger charge is 2.29. The summed E-state index contributed by atoms with van der Waals surface area (Å²) in [6.07, 6.45) is 0. The first-order valence-electron chi connectivity index (χ1n) is 12.4. The summed E-state index contributed by atoms with van der Waals surface area (Å²) in [7, 11) is 3.74. The van der Waals surface area contributed by atoms with Crippen molar-refractivity contribution in [3.8, 4) is 26.9 Å². The fraction of sp³-hybridized carbons (Fsp3) is 0.286. The van der Waals surface area contributed by atoms with Crippen LogP contribution in [0.1, 0.15) is 12.5 Å². The van der Waals surface area contributed by atoms with Gasteiger partial charge >= 0.3 is 0 Å². The average molecular weight is 564 g/mol. The molecule has 2 N–H and O–H groups in total. The first-order valence-corrected chi connectivity index (χ1v) is 14.1. The third-order valence-corrected chi connectivity index (χ3v) is 8.58. The van der Waals surface area contributed by atoms with Crippen molar-refractivity contribution in [2.75, 3.05) is 45.8 Å². The van der Waals surface area contributed by atoms with Crippen LogP contribution in [-0.4, -0.2) is 67.1 Å². The number of aromatic nitrogens is 2. The molecule has 0 saturated carbocycles. The van der Waals surface area contributed by atoms with Crippen molar-refractivity contribution in [3.63, 3.8) is 0 Å². The number of fused-ring (bicyclic) bond motifs is 1. The molecule has 0 unspecified atom stereocenters. The van der Waals surface area contributed by atoms with Gasteiger partial charge in [0.25, 0.3) is 11.8 Å². The largest absolute Gasteiger partial charge is 0.492 e. The molecule has 1 aromatic carbocycles. The zero-order valence-corrected chi connectivity index (χ0v) is 23.8. The Morgan fingerprint density at radius 3 is 2.46 bits per heavy atom. The fourth-order valence-electron chi connectivity index (χ4n) is 4.21. The number of nitrogens with zero attached hydrogens (tertiary/aromatic N) is 3. The van der Waals surface area contributed by atoms with Gasteiger partial charge in [-0.15, -0.1) is 22.7 Å². The zero-order valence-electron chi connectivity index (χ0n) is 22.2. The molecule has 2 amide bonds. The highest BCUT2D eigenvalue weighted by Crippen LogP contribution is 2.42. The number of anilines is 1. The predicted octanol–water partition coefficient (Wildman–Crippen LogP) is 4.69. The standard InChI is InChI=1S/C28H29N5O4S2/c1-16-21-25(29-22-17(2)26(34)32-27(22)35)30-24(20-6-5-15-38-20)31-28(21)39-23(16)18-7-9-19(10-8-18)37-14-12-33(3)11-13-36-4/h5-10,15H,11-14H2,1-4H3,(H2,29,30,31,32,34,35). The number of nitrogens with one attached hydrogen (secondary N) is 2. The Morgan fingerprint density at radius 1 is 1.03 bits per heavy atom. The third kappa shape index (κ3) is 5.71. The van der Waals surface area contributed by atoms with E-state index in [0.29, 0.717) is 30.4 Å². The summed E-state index contributed by atoms with van der Waals surface area (Å²) in [5, 5.41) is 8.28. The molecule has 0 bridgehead atoms. The fourth-order valence-corrected chi connectivity index (χ4v) is 6.06. The van der Waals surface area contributed by atoms with Crippen LogP contribution in [-0.2, 0) is 14.3 Å². The molecule has 4 aromatic rings. The Balaban J connectivity index is 1.45. The summed E-state index contributed by atoms with van der Waals surface area (Å²) < 4.78 is 11.1. The van der Waals surface area contributed by atoms with E-state index in [1.807, 2.05) is 55.7 Å². The summed E-state index contributed by atoms with van der Waals surface area (Å²) in [5.74, 6) is 1.00. The number of aryl methyl sites for hydroxylation is 1. The van der Waals surface area contributed by atoms with Crippen molar-refractivity contribution in [2.45, 2.75) is 13.8 Å². The maximum atomic E-state index is 12.4. The molecule has 5 rings (SSSR count). The molecule has 11 heteroatoms. The molecule has 0 fully saturated rings. The number of hydrogen-bond donors (Lipinski definition) is 2. The van der Waals surface area contributed by atoms with Crippen molar-refractivity contribution in [1.29, 1.82) is 0 Å². The highest BCUT2D eigenvalue weighted by atomic mass is 32.1. The number of imide groups is 1. The third-order valence-electron chi connectivity index (χ3n) is 6.48. The summed E-state index contributed by atoms with van der Waals surface area (Å²) in [5.41, 5.74) is 2.57. The summed E-state index contributed by atoms with van der Waals surface area (Å²) in [4.78, 5) is 39.1. The lowest BCUT2D eigenvalue weighted by molar-refractivity contribution is -0.124. The average Bonchev–Trinajstić information content (AvgIpc) is 3.64. The smallest absolute Gasteiger partial charge is 0.275 e. The van der Waals surface area contributed by atoms with Crippen LogP contribution < -0.4 is 15.4 Å². The first kappa shape index (κ1) is 26.9. The molecule has 1 aliphatic heterocycles. The highest BCUT2D eigenvalue weighted by molar-refractivity contribution is 7.22. The number of amides is 2. The molecular weight excluding hydrogens is 534 g/mol. The number of rotatable bonds is 11. The van der Waals surface area contributed by atoms with E-state index in [1.165, 1.54) is 0 Å². The quantitative estimate of drug-likeness (QED) is 0.253. The van der Waals surface area contributed by atoms with Crippen molar-refractivity contribution in [2.24, 2.45) is 0 Å². The Labute approximate surface area is 234 Å². The number of benzene rings is 1. The Kier molecular flexibility index (Phi) is 8.03. The van der Waals surface area contributed by atoms with Crippen LogP contribution in [0.15, 0.2) is 53.0 Å². The lowest BCUT2D eigenvalue weighted by Crippen LogP contribution is -2.27.